The topological polar surface area (TPSA) is 86.9 Å². The van der Waals surface area contributed by atoms with Gasteiger partial charge in [0.2, 0.25) is 0 Å². The second kappa shape index (κ2) is 4.36. The van der Waals surface area contributed by atoms with Crippen molar-refractivity contribution in [3.63, 3.8) is 0 Å². The predicted molar refractivity (Wildman–Crippen MR) is 63.2 cm³/mol. The molecule has 0 bridgehead atoms. The number of hydrogen-bond acceptors (Lipinski definition) is 4. The highest BCUT2D eigenvalue weighted by molar-refractivity contribution is 7.09. The third-order valence-corrected chi connectivity index (χ3v) is 3.13. The summed E-state index contributed by atoms with van der Waals surface area (Å²) in [5.41, 5.74) is 11.2. The summed E-state index contributed by atoms with van der Waals surface area (Å²) in [6, 6.07) is 4.07. The Morgan fingerprint density at radius 2 is 2.38 bits per heavy atom. The normalized spacial score (nSPS) is 10.5. The van der Waals surface area contributed by atoms with Gasteiger partial charge in [-0.25, -0.2) is 0 Å². The van der Waals surface area contributed by atoms with Crippen LogP contribution in [0.5, 0.6) is 0 Å². The summed E-state index contributed by atoms with van der Waals surface area (Å²) in [4.78, 5) is 12.2. The Labute approximate surface area is 96.7 Å². The zero-order valence-corrected chi connectivity index (χ0v) is 9.41. The van der Waals surface area contributed by atoms with Gasteiger partial charge in [0, 0.05) is 24.0 Å². The first-order valence-corrected chi connectivity index (χ1v) is 5.70. The molecular formula is C10H12N4OS. The molecular weight excluding hydrogens is 224 g/mol. The van der Waals surface area contributed by atoms with Crippen LogP contribution < -0.4 is 11.5 Å². The SMILES string of the molecule is NC(=O)c1nn(CCc2cccs2)cc1N. The Morgan fingerprint density at radius 3 is 2.94 bits per heavy atom. The summed E-state index contributed by atoms with van der Waals surface area (Å²) in [5.74, 6) is -0.590. The standard InChI is InChI=1S/C10H12N4OS/c11-8-6-14(13-9(8)10(12)15)4-3-7-2-1-5-16-7/h1-2,5-6H,3-4,11H2,(H2,12,15). The third-order valence-electron chi connectivity index (χ3n) is 2.19. The van der Waals surface area contributed by atoms with Crippen LogP contribution in [0.25, 0.3) is 0 Å². The van der Waals surface area contributed by atoms with E-state index < -0.39 is 5.91 Å². The van der Waals surface area contributed by atoms with Crippen LogP contribution >= 0.6 is 11.3 Å². The number of nitrogens with two attached hydrogens (primary N) is 2. The summed E-state index contributed by atoms with van der Waals surface area (Å²) in [5, 5.41) is 6.06. The maximum absolute atomic E-state index is 10.9. The Balaban J connectivity index is 2.05. The minimum Gasteiger partial charge on any atom is -0.396 e. The van der Waals surface area contributed by atoms with Crippen LogP contribution in [-0.2, 0) is 13.0 Å². The summed E-state index contributed by atoms with van der Waals surface area (Å²) >= 11 is 1.70. The molecule has 16 heavy (non-hydrogen) atoms. The Bertz CT molecular complexity index is 489. The Hall–Kier alpha value is -1.82. The van der Waals surface area contributed by atoms with Crippen LogP contribution in [-0.4, -0.2) is 15.7 Å². The summed E-state index contributed by atoms with van der Waals surface area (Å²) in [6.07, 6.45) is 2.50. The molecule has 0 unspecified atom stereocenters. The second-order valence-corrected chi connectivity index (χ2v) is 4.42. The fraction of sp³-hybridized carbons (Fsp3) is 0.200. The minimum absolute atomic E-state index is 0.145. The van der Waals surface area contributed by atoms with Crippen molar-refractivity contribution >= 4 is 22.9 Å². The molecule has 0 aliphatic heterocycles. The first-order chi connectivity index (χ1) is 7.66. The molecule has 0 saturated heterocycles. The number of aromatic nitrogens is 2. The number of anilines is 1. The minimum atomic E-state index is -0.590. The van der Waals surface area contributed by atoms with Gasteiger partial charge in [-0.3, -0.25) is 9.48 Å². The molecule has 4 N–H and O–H groups in total. The van der Waals surface area contributed by atoms with Crippen LogP contribution in [0, 0.1) is 0 Å². The molecule has 0 spiro atoms. The maximum atomic E-state index is 10.9. The van der Waals surface area contributed by atoms with Gasteiger partial charge < -0.3 is 11.5 Å². The average molecular weight is 236 g/mol. The number of aryl methyl sites for hydroxylation is 2. The highest BCUT2D eigenvalue weighted by Gasteiger charge is 2.10. The van der Waals surface area contributed by atoms with E-state index in [0.29, 0.717) is 12.2 Å². The van der Waals surface area contributed by atoms with Crippen molar-refractivity contribution in [2.75, 3.05) is 5.73 Å². The van der Waals surface area contributed by atoms with Crippen LogP contribution in [0.15, 0.2) is 23.7 Å². The van der Waals surface area contributed by atoms with Gasteiger partial charge >= 0.3 is 0 Å². The first-order valence-electron chi connectivity index (χ1n) is 4.82. The lowest BCUT2D eigenvalue weighted by atomic mass is 10.3. The van der Waals surface area contributed by atoms with Crippen molar-refractivity contribution in [3.05, 3.63) is 34.3 Å². The maximum Gasteiger partial charge on any atom is 0.271 e. The van der Waals surface area contributed by atoms with Crippen molar-refractivity contribution in [2.24, 2.45) is 5.73 Å². The van der Waals surface area contributed by atoms with Gasteiger partial charge in [-0.15, -0.1) is 11.3 Å². The molecule has 0 aliphatic carbocycles. The first kappa shape index (κ1) is 10.7. The number of carbonyl (C=O) groups is 1. The number of hydrogen-bond donors (Lipinski definition) is 2. The summed E-state index contributed by atoms with van der Waals surface area (Å²) in [6.45, 7) is 0.692. The van der Waals surface area contributed by atoms with Gasteiger partial charge in [-0.1, -0.05) is 6.07 Å². The van der Waals surface area contributed by atoms with Crippen LogP contribution in [0.2, 0.25) is 0 Å². The molecule has 1 amide bonds. The fourth-order valence-electron chi connectivity index (χ4n) is 1.42. The van der Waals surface area contributed by atoms with Gasteiger partial charge in [0.1, 0.15) is 0 Å². The van der Waals surface area contributed by atoms with E-state index in [1.54, 1.807) is 22.2 Å². The van der Waals surface area contributed by atoms with Crippen molar-refractivity contribution in [1.29, 1.82) is 0 Å². The van der Waals surface area contributed by atoms with Crippen molar-refractivity contribution < 1.29 is 4.79 Å². The molecule has 2 aromatic heterocycles. The smallest absolute Gasteiger partial charge is 0.271 e. The number of carbonyl (C=O) groups excluding carboxylic acids is 1. The molecule has 2 heterocycles. The lowest BCUT2D eigenvalue weighted by molar-refractivity contribution is 0.0995. The molecule has 0 aliphatic rings. The molecule has 0 atom stereocenters. The largest absolute Gasteiger partial charge is 0.396 e. The van der Waals surface area contributed by atoms with Crippen molar-refractivity contribution in [2.45, 2.75) is 13.0 Å². The van der Waals surface area contributed by atoms with Crippen molar-refractivity contribution in [1.82, 2.24) is 9.78 Å². The number of amides is 1. The lowest BCUT2D eigenvalue weighted by Crippen LogP contribution is -2.14. The molecule has 2 aromatic rings. The van der Waals surface area contributed by atoms with Crippen LogP contribution in [0.1, 0.15) is 15.4 Å². The van der Waals surface area contributed by atoms with E-state index in [9.17, 15) is 4.79 Å². The van der Waals surface area contributed by atoms with Crippen LogP contribution in [0.4, 0.5) is 5.69 Å². The van der Waals surface area contributed by atoms with Crippen molar-refractivity contribution in [3.8, 4) is 0 Å². The van der Waals surface area contributed by atoms with E-state index in [1.165, 1.54) is 4.88 Å². The highest BCUT2D eigenvalue weighted by atomic mass is 32.1. The second-order valence-electron chi connectivity index (χ2n) is 3.39. The lowest BCUT2D eigenvalue weighted by Gasteiger charge is -1.98. The molecule has 0 saturated carbocycles. The molecule has 0 aromatic carbocycles. The monoisotopic (exact) mass is 236 g/mol. The highest BCUT2D eigenvalue weighted by Crippen LogP contribution is 2.12. The summed E-state index contributed by atoms with van der Waals surface area (Å²) in [7, 11) is 0. The molecule has 5 nitrogen and oxygen atoms in total. The average Bonchev–Trinajstić information content (AvgIpc) is 2.83. The number of thiophene rings is 1. The van der Waals surface area contributed by atoms with E-state index in [0.717, 1.165) is 6.42 Å². The molecule has 84 valence electrons. The third kappa shape index (κ3) is 2.22. The number of rotatable bonds is 4. The van der Waals surface area contributed by atoms with E-state index in [4.69, 9.17) is 11.5 Å². The zero-order chi connectivity index (χ0) is 11.5. The summed E-state index contributed by atoms with van der Waals surface area (Å²) < 4.78 is 1.65. The Kier molecular flexibility index (Phi) is 2.91. The zero-order valence-electron chi connectivity index (χ0n) is 8.59. The number of nitrogen functional groups attached to an aromatic ring is 1. The molecule has 0 radical (unpaired) electrons. The number of nitrogens with zero attached hydrogens (tertiary/aromatic N) is 2. The number of primary amides is 1. The van der Waals surface area contributed by atoms with Crippen LogP contribution in [0.3, 0.4) is 0 Å². The van der Waals surface area contributed by atoms with E-state index >= 15 is 0 Å². The van der Waals surface area contributed by atoms with E-state index in [-0.39, 0.29) is 5.69 Å². The quantitative estimate of drug-likeness (QED) is 0.825. The fourth-order valence-corrected chi connectivity index (χ4v) is 2.12. The van der Waals surface area contributed by atoms with Gasteiger partial charge in [0.15, 0.2) is 5.69 Å². The van der Waals surface area contributed by atoms with Gasteiger partial charge in [-0.05, 0) is 11.4 Å². The Morgan fingerprint density at radius 1 is 1.56 bits per heavy atom. The molecule has 6 heteroatoms. The van der Waals surface area contributed by atoms with Gasteiger partial charge in [0.05, 0.1) is 5.69 Å². The van der Waals surface area contributed by atoms with Gasteiger partial charge in [-0.2, -0.15) is 5.10 Å². The van der Waals surface area contributed by atoms with E-state index in [1.807, 2.05) is 11.4 Å². The van der Waals surface area contributed by atoms with E-state index in [2.05, 4.69) is 11.2 Å². The van der Waals surface area contributed by atoms with Gasteiger partial charge in [0.25, 0.3) is 5.91 Å². The molecule has 0 fully saturated rings. The predicted octanol–water partition coefficient (Wildman–Crippen LogP) is 0.868. The molecule has 2 rings (SSSR count).